The quantitative estimate of drug-likeness (QED) is 0.644. The van der Waals surface area contributed by atoms with E-state index in [1.54, 1.807) is 0 Å². The number of nitro benzene ring substituents is 1. The fraction of sp³-hybridized carbons (Fsp3) is 0.417. The minimum Gasteiger partial charge on any atom is -0.325 e. The maximum Gasteiger partial charge on any atom is 0.304 e. The van der Waals surface area contributed by atoms with Gasteiger partial charge in [-0.1, -0.05) is 0 Å². The second kappa shape index (κ2) is 4.93. The van der Waals surface area contributed by atoms with Gasteiger partial charge in [-0.15, -0.1) is 0 Å². The fourth-order valence-electron chi connectivity index (χ4n) is 2.03. The first-order chi connectivity index (χ1) is 8.92. The summed E-state index contributed by atoms with van der Waals surface area (Å²) >= 11 is 0. The number of amides is 1. The van der Waals surface area contributed by atoms with E-state index in [4.69, 9.17) is 0 Å². The second-order valence-corrected chi connectivity index (χ2v) is 4.86. The summed E-state index contributed by atoms with van der Waals surface area (Å²) in [4.78, 5) is 21.7. The number of halogens is 1. The van der Waals surface area contributed by atoms with Gasteiger partial charge in [-0.05, 0) is 26.0 Å². The van der Waals surface area contributed by atoms with E-state index in [-0.39, 0.29) is 11.6 Å². The lowest BCUT2D eigenvalue weighted by molar-refractivity contribution is -0.387. The summed E-state index contributed by atoms with van der Waals surface area (Å²) in [7, 11) is 0. The zero-order valence-corrected chi connectivity index (χ0v) is 10.4. The first-order valence-corrected chi connectivity index (χ1v) is 5.88. The number of hydrogen-bond donors (Lipinski definition) is 2. The van der Waals surface area contributed by atoms with Gasteiger partial charge in [0.1, 0.15) is 0 Å². The predicted octanol–water partition coefficient (Wildman–Crippen LogP) is 1.67. The maximum atomic E-state index is 13.4. The number of carbonyl (C=O) groups excluding carboxylic acids is 1. The van der Waals surface area contributed by atoms with Gasteiger partial charge in [0.15, 0.2) is 0 Å². The molecule has 1 aliphatic rings. The van der Waals surface area contributed by atoms with E-state index < -0.39 is 21.8 Å². The third kappa shape index (κ3) is 2.70. The van der Waals surface area contributed by atoms with Crippen molar-refractivity contribution in [1.29, 1.82) is 0 Å². The average Bonchev–Trinajstić information content (AvgIpc) is 2.77. The summed E-state index contributed by atoms with van der Waals surface area (Å²) in [5.41, 5.74) is -0.911. The van der Waals surface area contributed by atoms with E-state index in [0.29, 0.717) is 13.0 Å². The molecule has 7 heteroatoms. The normalized spacial score (nSPS) is 22.2. The van der Waals surface area contributed by atoms with E-state index in [0.717, 1.165) is 18.7 Å². The van der Waals surface area contributed by atoms with Crippen LogP contribution in [-0.2, 0) is 4.79 Å². The molecule has 1 aromatic rings. The van der Waals surface area contributed by atoms with E-state index in [1.165, 1.54) is 6.07 Å². The Labute approximate surface area is 109 Å². The average molecular weight is 267 g/mol. The molecule has 6 nitrogen and oxygen atoms in total. The van der Waals surface area contributed by atoms with Crippen molar-refractivity contribution < 1.29 is 14.1 Å². The highest BCUT2D eigenvalue weighted by atomic mass is 19.1. The molecule has 0 aliphatic carbocycles. The Bertz CT molecular complexity index is 527. The molecule has 1 fully saturated rings. The molecule has 0 saturated carbocycles. The molecule has 1 atom stereocenters. The third-order valence-electron chi connectivity index (χ3n) is 3.32. The van der Waals surface area contributed by atoms with Crippen LogP contribution in [0.3, 0.4) is 0 Å². The lowest BCUT2D eigenvalue weighted by Gasteiger charge is -2.21. The number of anilines is 1. The highest BCUT2D eigenvalue weighted by Gasteiger charge is 2.36. The molecule has 2 rings (SSSR count). The summed E-state index contributed by atoms with van der Waals surface area (Å²) in [6, 6.07) is 3.33. The van der Waals surface area contributed by atoms with Gasteiger partial charge in [0.2, 0.25) is 11.7 Å². The minimum absolute atomic E-state index is 0.217. The molecule has 0 radical (unpaired) electrons. The highest BCUT2D eigenvalue weighted by Crippen LogP contribution is 2.27. The maximum absolute atomic E-state index is 13.4. The first kappa shape index (κ1) is 13.4. The van der Waals surface area contributed by atoms with Crippen LogP contribution in [-0.4, -0.2) is 23.9 Å². The Morgan fingerprint density at radius 1 is 1.58 bits per heavy atom. The predicted molar refractivity (Wildman–Crippen MR) is 67.3 cm³/mol. The largest absolute Gasteiger partial charge is 0.325 e. The van der Waals surface area contributed by atoms with Crippen LogP contribution in [0.2, 0.25) is 0 Å². The van der Waals surface area contributed by atoms with Crippen molar-refractivity contribution in [2.45, 2.75) is 13.3 Å². The van der Waals surface area contributed by atoms with E-state index in [2.05, 4.69) is 10.6 Å². The van der Waals surface area contributed by atoms with E-state index in [1.807, 2.05) is 6.92 Å². The number of rotatable bonds is 3. The van der Waals surface area contributed by atoms with Crippen LogP contribution in [0.15, 0.2) is 18.2 Å². The number of hydrogen-bond acceptors (Lipinski definition) is 4. The van der Waals surface area contributed by atoms with Crippen LogP contribution in [0.25, 0.3) is 0 Å². The van der Waals surface area contributed by atoms with Crippen LogP contribution in [0.5, 0.6) is 0 Å². The van der Waals surface area contributed by atoms with Gasteiger partial charge in [0.25, 0.3) is 0 Å². The second-order valence-electron chi connectivity index (χ2n) is 4.86. The molecular formula is C12H14FN3O3. The minimum atomic E-state index is -0.961. The van der Waals surface area contributed by atoms with Crippen LogP contribution in [0.1, 0.15) is 13.3 Å². The van der Waals surface area contributed by atoms with Crippen molar-refractivity contribution in [1.82, 2.24) is 5.32 Å². The zero-order valence-electron chi connectivity index (χ0n) is 10.4. The molecule has 1 aliphatic heterocycles. The fourth-order valence-corrected chi connectivity index (χ4v) is 2.03. The topological polar surface area (TPSA) is 84.3 Å². The molecule has 19 heavy (non-hydrogen) atoms. The Morgan fingerprint density at radius 2 is 2.32 bits per heavy atom. The van der Waals surface area contributed by atoms with E-state index >= 15 is 0 Å². The molecule has 0 aromatic heterocycles. The highest BCUT2D eigenvalue weighted by molar-refractivity contribution is 5.95. The van der Waals surface area contributed by atoms with Gasteiger partial charge in [0, 0.05) is 24.4 Å². The molecule has 1 saturated heterocycles. The summed E-state index contributed by atoms with van der Waals surface area (Å²) in [5.74, 6) is -1.18. The van der Waals surface area contributed by atoms with Crippen molar-refractivity contribution >= 4 is 17.3 Å². The summed E-state index contributed by atoms with van der Waals surface area (Å²) in [6.07, 6.45) is 0.703. The summed E-state index contributed by atoms with van der Waals surface area (Å²) in [6.45, 7) is 3.15. The Morgan fingerprint density at radius 3 is 2.84 bits per heavy atom. The van der Waals surface area contributed by atoms with Crippen molar-refractivity contribution in [3.05, 3.63) is 34.1 Å². The van der Waals surface area contributed by atoms with Crippen LogP contribution in [0, 0.1) is 21.3 Å². The van der Waals surface area contributed by atoms with Gasteiger partial charge >= 0.3 is 5.69 Å². The monoisotopic (exact) mass is 267 g/mol. The molecule has 0 spiro atoms. The number of carbonyl (C=O) groups is 1. The molecule has 1 amide bonds. The third-order valence-corrected chi connectivity index (χ3v) is 3.32. The van der Waals surface area contributed by atoms with Crippen molar-refractivity contribution in [3.8, 4) is 0 Å². The van der Waals surface area contributed by atoms with Crippen LogP contribution in [0.4, 0.5) is 15.8 Å². The van der Waals surface area contributed by atoms with Crippen molar-refractivity contribution in [2.24, 2.45) is 5.41 Å². The Hall–Kier alpha value is -2.02. The lowest BCUT2D eigenvalue weighted by Crippen LogP contribution is -2.35. The molecular weight excluding hydrogens is 253 g/mol. The molecule has 1 aromatic carbocycles. The molecule has 102 valence electrons. The standard InChI is InChI=1S/C12H14FN3O3/c1-12(4-5-14-7-12)11(17)15-8-2-3-10(16(18)19)9(13)6-8/h2-3,6,14H,4-5,7H2,1H3,(H,15,17). The van der Waals surface area contributed by atoms with E-state index in [9.17, 15) is 19.3 Å². The van der Waals surface area contributed by atoms with Crippen LogP contribution >= 0.6 is 0 Å². The SMILES string of the molecule is CC1(C(=O)Nc2ccc([N+](=O)[O-])c(F)c2)CCNC1. The lowest BCUT2D eigenvalue weighted by atomic mass is 9.89. The van der Waals surface area contributed by atoms with Gasteiger partial charge in [-0.2, -0.15) is 4.39 Å². The summed E-state index contributed by atoms with van der Waals surface area (Å²) < 4.78 is 13.4. The molecule has 0 bridgehead atoms. The van der Waals surface area contributed by atoms with Crippen molar-refractivity contribution in [2.75, 3.05) is 18.4 Å². The van der Waals surface area contributed by atoms with Gasteiger partial charge < -0.3 is 10.6 Å². The molecule has 1 heterocycles. The smallest absolute Gasteiger partial charge is 0.304 e. The number of nitro groups is 1. The molecule has 1 unspecified atom stereocenters. The zero-order chi connectivity index (χ0) is 14.0. The molecule has 2 N–H and O–H groups in total. The first-order valence-electron chi connectivity index (χ1n) is 5.88. The number of nitrogens with zero attached hydrogens (tertiary/aromatic N) is 1. The van der Waals surface area contributed by atoms with Gasteiger partial charge in [-0.25, -0.2) is 0 Å². The van der Waals surface area contributed by atoms with Gasteiger partial charge in [-0.3, -0.25) is 14.9 Å². The number of benzene rings is 1. The van der Waals surface area contributed by atoms with Crippen molar-refractivity contribution in [3.63, 3.8) is 0 Å². The van der Waals surface area contributed by atoms with Crippen LogP contribution < -0.4 is 10.6 Å². The summed E-state index contributed by atoms with van der Waals surface area (Å²) in [5, 5.41) is 16.2. The van der Waals surface area contributed by atoms with Gasteiger partial charge in [0.05, 0.1) is 10.3 Å². The Balaban J connectivity index is 2.13. The Kier molecular flexibility index (Phi) is 3.48. The number of nitrogens with one attached hydrogen (secondary N) is 2.